The van der Waals surface area contributed by atoms with E-state index in [4.69, 9.17) is 4.74 Å². The number of ether oxygens (including phenoxy) is 1. The highest BCUT2D eigenvalue weighted by molar-refractivity contribution is 7.09. The average Bonchev–Trinajstić information content (AvgIpc) is 3.46. The fourth-order valence-corrected chi connectivity index (χ4v) is 4.98. The Morgan fingerprint density at radius 1 is 0.825 bits per heavy atom. The molecule has 0 radical (unpaired) electrons. The minimum absolute atomic E-state index is 0.220. The van der Waals surface area contributed by atoms with Gasteiger partial charge in [0, 0.05) is 37.4 Å². The first-order valence-corrected chi connectivity index (χ1v) is 13.8. The van der Waals surface area contributed by atoms with Crippen LogP contribution in [-0.4, -0.2) is 20.8 Å². The van der Waals surface area contributed by atoms with Gasteiger partial charge >= 0.3 is 0 Å². The highest BCUT2D eigenvalue weighted by Gasteiger charge is 2.15. The molecule has 0 fully saturated rings. The van der Waals surface area contributed by atoms with Gasteiger partial charge in [0.25, 0.3) is 5.91 Å². The van der Waals surface area contributed by atoms with Crippen molar-refractivity contribution in [3.8, 4) is 5.75 Å². The molecule has 6 nitrogen and oxygen atoms in total. The Labute approximate surface area is 237 Å². The molecule has 202 valence electrons. The van der Waals surface area contributed by atoms with Crippen LogP contribution in [0.2, 0.25) is 0 Å². The number of carbonyl (C=O) groups excluding carboxylic acids is 1. The summed E-state index contributed by atoms with van der Waals surface area (Å²) in [5.41, 5.74) is 4.54. The monoisotopic (exact) mass is 552 g/mol. The highest BCUT2D eigenvalue weighted by Crippen LogP contribution is 2.20. The molecule has 0 aliphatic heterocycles. The molecule has 1 N–H and O–H groups in total. The molecule has 0 unspecified atom stereocenters. The quantitative estimate of drug-likeness (QED) is 0.194. The Morgan fingerprint density at radius 3 is 2.23 bits per heavy atom. The molecule has 0 spiro atoms. The van der Waals surface area contributed by atoms with Crippen LogP contribution in [0.1, 0.15) is 37.7 Å². The zero-order chi connectivity index (χ0) is 27.6. The lowest BCUT2D eigenvalue weighted by molar-refractivity contribution is 0.0946. The van der Waals surface area contributed by atoms with Crippen molar-refractivity contribution < 1.29 is 13.9 Å². The molecule has 3 aromatic carbocycles. The van der Waals surface area contributed by atoms with Crippen LogP contribution >= 0.6 is 11.3 Å². The molecule has 0 aliphatic carbocycles. The summed E-state index contributed by atoms with van der Waals surface area (Å²) in [7, 11) is 0. The number of amides is 1. The maximum absolute atomic E-state index is 13.5. The zero-order valence-electron chi connectivity index (χ0n) is 21.9. The standard InChI is InChI=1S/C32H29FN4O2S/c33-28-12-8-24(9-13-28)19-37(20-25-10-14-29(15-11-25)39-22-26-5-2-1-3-6-26)21-31-36-30(23-40-31)32(38)35-18-27-7-4-16-34-17-27/h1-17,23H,18-22H2,(H,35,38). The highest BCUT2D eigenvalue weighted by atomic mass is 32.1. The van der Waals surface area contributed by atoms with E-state index in [1.54, 1.807) is 29.9 Å². The minimum Gasteiger partial charge on any atom is -0.489 e. The lowest BCUT2D eigenvalue weighted by atomic mass is 10.1. The second-order valence-corrected chi connectivity index (χ2v) is 10.3. The van der Waals surface area contributed by atoms with Crippen molar-refractivity contribution in [3.05, 3.63) is 148 Å². The molecule has 0 aliphatic rings. The van der Waals surface area contributed by atoms with Gasteiger partial charge in [0.1, 0.15) is 28.9 Å². The Balaban J connectivity index is 1.23. The minimum atomic E-state index is -0.261. The van der Waals surface area contributed by atoms with E-state index in [9.17, 15) is 9.18 Å². The molecule has 0 bridgehead atoms. The van der Waals surface area contributed by atoms with E-state index in [0.717, 1.165) is 33.0 Å². The van der Waals surface area contributed by atoms with Crippen molar-refractivity contribution in [1.29, 1.82) is 0 Å². The van der Waals surface area contributed by atoms with Gasteiger partial charge in [0.05, 0.1) is 6.54 Å². The number of rotatable bonds is 12. The SMILES string of the molecule is O=C(NCc1cccnc1)c1csc(CN(Cc2ccc(F)cc2)Cc2ccc(OCc3ccccc3)cc2)n1. The second-order valence-electron chi connectivity index (χ2n) is 9.36. The summed E-state index contributed by atoms with van der Waals surface area (Å²) in [6.07, 6.45) is 3.42. The Bertz CT molecular complexity index is 1490. The summed E-state index contributed by atoms with van der Waals surface area (Å²) in [5, 5.41) is 5.51. The number of carbonyl (C=O) groups is 1. The predicted molar refractivity (Wildman–Crippen MR) is 154 cm³/mol. The van der Waals surface area contributed by atoms with Crippen molar-refractivity contribution in [2.45, 2.75) is 32.8 Å². The molecule has 0 atom stereocenters. The van der Waals surface area contributed by atoms with Gasteiger partial charge in [0.15, 0.2) is 0 Å². The van der Waals surface area contributed by atoms with Gasteiger partial charge in [-0.1, -0.05) is 60.7 Å². The molecule has 0 saturated carbocycles. The van der Waals surface area contributed by atoms with E-state index in [0.29, 0.717) is 38.5 Å². The molecule has 8 heteroatoms. The van der Waals surface area contributed by atoms with Crippen LogP contribution in [0, 0.1) is 5.82 Å². The van der Waals surface area contributed by atoms with Crippen molar-refractivity contribution in [3.63, 3.8) is 0 Å². The number of nitrogens with one attached hydrogen (secondary N) is 1. The van der Waals surface area contributed by atoms with Crippen LogP contribution in [0.15, 0.2) is 109 Å². The number of nitrogens with zero attached hydrogens (tertiary/aromatic N) is 3. The van der Waals surface area contributed by atoms with Crippen molar-refractivity contribution in [1.82, 2.24) is 20.2 Å². The summed E-state index contributed by atoms with van der Waals surface area (Å²) in [5.74, 6) is 0.324. The topological polar surface area (TPSA) is 67.4 Å². The van der Waals surface area contributed by atoms with Gasteiger partial charge in [0.2, 0.25) is 0 Å². The van der Waals surface area contributed by atoms with Crippen LogP contribution in [0.4, 0.5) is 4.39 Å². The van der Waals surface area contributed by atoms with Gasteiger partial charge in [-0.15, -0.1) is 11.3 Å². The van der Waals surface area contributed by atoms with Gasteiger partial charge in [-0.25, -0.2) is 9.37 Å². The smallest absolute Gasteiger partial charge is 0.271 e. The van der Waals surface area contributed by atoms with Crippen LogP contribution in [-0.2, 0) is 32.8 Å². The number of benzene rings is 3. The molecule has 0 saturated heterocycles. The van der Waals surface area contributed by atoms with Crippen molar-refractivity contribution in [2.24, 2.45) is 0 Å². The number of hydrogen-bond donors (Lipinski definition) is 1. The van der Waals surface area contributed by atoms with E-state index in [-0.39, 0.29) is 11.7 Å². The molecule has 2 aromatic heterocycles. The summed E-state index contributed by atoms with van der Waals surface area (Å²) < 4.78 is 19.4. The molecule has 40 heavy (non-hydrogen) atoms. The van der Waals surface area contributed by atoms with Gasteiger partial charge in [-0.2, -0.15) is 0 Å². The predicted octanol–water partition coefficient (Wildman–Crippen LogP) is 6.39. The first-order valence-electron chi connectivity index (χ1n) is 12.9. The number of thiazole rings is 1. The molecular formula is C32H29FN4O2S. The maximum Gasteiger partial charge on any atom is 0.271 e. The molecular weight excluding hydrogens is 523 g/mol. The number of aromatic nitrogens is 2. The lowest BCUT2D eigenvalue weighted by Gasteiger charge is -2.22. The van der Waals surface area contributed by atoms with Crippen LogP contribution < -0.4 is 10.1 Å². The number of halogens is 1. The summed E-state index contributed by atoms with van der Waals surface area (Å²) >= 11 is 1.45. The lowest BCUT2D eigenvalue weighted by Crippen LogP contribution is -2.24. The molecule has 2 heterocycles. The van der Waals surface area contributed by atoms with Crippen molar-refractivity contribution in [2.75, 3.05) is 0 Å². The van der Waals surface area contributed by atoms with E-state index in [1.165, 1.54) is 23.5 Å². The van der Waals surface area contributed by atoms with Gasteiger partial charge in [-0.3, -0.25) is 14.7 Å². The Kier molecular flexibility index (Phi) is 9.24. The summed E-state index contributed by atoms with van der Waals surface area (Å²) in [6, 6.07) is 28.4. The Hall–Kier alpha value is -4.40. The first-order chi connectivity index (χ1) is 19.6. The van der Waals surface area contributed by atoms with E-state index >= 15 is 0 Å². The third-order valence-corrected chi connectivity index (χ3v) is 7.05. The van der Waals surface area contributed by atoms with E-state index < -0.39 is 0 Å². The van der Waals surface area contributed by atoms with E-state index in [1.807, 2.05) is 54.6 Å². The van der Waals surface area contributed by atoms with Crippen LogP contribution in [0.5, 0.6) is 5.75 Å². The molecule has 1 amide bonds. The fourth-order valence-electron chi connectivity index (χ4n) is 4.16. The number of pyridine rings is 1. The summed E-state index contributed by atoms with van der Waals surface area (Å²) in [6.45, 7) is 2.71. The first kappa shape index (κ1) is 27.2. The normalized spacial score (nSPS) is 10.9. The third kappa shape index (κ3) is 8.05. The largest absolute Gasteiger partial charge is 0.489 e. The fraction of sp³-hybridized carbons (Fsp3) is 0.156. The van der Waals surface area contributed by atoms with Gasteiger partial charge in [-0.05, 0) is 52.6 Å². The molecule has 5 aromatic rings. The third-order valence-electron chi connectivity index (χ3n) is 6.22. The average molecular weight is 553 g/mol. The number of hydrogen-bond acceptors (Lipinski definition) is 6. The Morgan fingerprint density at radius 2 is 1.52 bits per heavy atom. The maximum atomic E-state index is 13.5. The summed E-state index contributed by atoms with van der Waals surface area (Å²) in [4.78, 5) is 23.6. The van der Waals surface area contributed by atoms with Gasteiger partial charge < -0.3 is 10.1 Å². The van der Waals surface area contributed by atoms with Crippen LogP contribution in [0.3, 0.4) is 0 Å². The van der Waals surface area contributed by atoms with Crippen molar-refractivity contribution >= 4 is 17.2 Å². The second kappa shape index (κ2) is 13.6. The van der Waals surface area contributed by atoms with Crippen LogP contribution in [0.25, 0.3) is 0 Å². The molecule has 5 rings (SSSR count). The van der Waals surface area contributed by atoms with E-state index in [2.05, 4.69) is 32.3 Å². The zero-order valence-corrected chi connectivity index (χ0v) is 22.7.